The molecule has 0 bridgehead atoms. The minimum Gasteiger partial charge on any atom is -0.493 e. The van der Waals surface area contributed by atoms with Gasteiger partial charge in [0.05, 0.1) is 35.6 Å². The van der Waals surface area contributed by atoms with E-state index in [-0.39, 0.29) is 63.6 Å². The fourth-order valence-corrected chi connectivity index (χ4v) is 8.47. The molecule has 2 amide bonds. The first-order valence-electron chi connectivity index (χ1n) is 18.8. The highest BCUT2D eigenvalue weighted by Crippen LogP contribution is 2.44. The number of hydrogen-bond donors (Lipinski definition) is 1. The van der Waals surface area contributed by atoms with Crippen LogP contribution >= 0.6 is 11.3 Å². The largest absolute Gasteiger partial charge is 0.493 e. The third kappa shape index (κ3) is 9.27. The van der Waals surface area contributed by atoms with Gasteiger partial charge in [-0.2, -0.15) is 31.6 Å². The highest BCUT2D eigenvalue weighted by atomic mass is 32.1. The SMILES string of the molecule is CC=CC1N(C(=O)c2ncccc2C(F)(F)F)CCCC1(Oc1csc(C(F)(F)F)c1)C(=O)N1CCC(C#N)(c2ccccc2OCCCC(C(=O)O)C(C)C)CC1. The van der Waals surface area contributed by atoms with Crippen molar-refractivity contribution in [3.63, 3.8) is 0 Å². The second-order valence-electron chi connectivity index (χ2n) is 14.8. The number of allylic oxidation sites excluding steroid dienone is 1. The minimum atomic E-state index is -4.94. The summed E-state index contributed by atoms with van der Waals surface area (Å²) in [5, 5.41) is 21.3. The number of benzene rings is 1. The fourth-order valence-electron chi connectivity index (χ4n) is 7.80. The van der Waals surface area contributed by atoms with Gasteiger partial charge in [0.2, 0.25) is 5.60 Å². The fraction of sp³-hybridized carbons (Fsp3) is 0.488. The molecule has 17 heteroatoms. The second-order valence-corrected chi connectivity index (χ2v) is 15.7. The van der Waals surface area contributed by atoms with E-state index in [0.717, 1.165) is 28.6 Å². The van der Waals surface area contributed by atoms with Crippen molar-refractivity contribution in [1.82, 2.24) is 14.8 Å². The van der Waals surface area contributed by atoms with Crippen LogP contribution in [0.25, 0.3) is 0 Å². The Morgan fingerprint density at radius 3 is 2.36 bits per heavy atom. The van der Waals surface area contributed by atoms with Gasteiger partial charge in [-0.25, -0.2) is 0 Å². The van der Waals surface area contributed by atoms with Crippen molar-refractivity contribution >= 4 is 29.1 Å². The number of aliphatic carboxylic acids is 1. The first kappa shape index (κ1) is 44.0. The number of nitrogens with zero attached hydrogens (tertiary/aromatic N) is 4. The number of nitriles is 1. The number of likely N-dealkylation sites (tertiary alicyclic amines) is 2. The normalized spacial score (nSPS) is 20.5. The molecule has 312 valence electrons. The Hall–Kier alpha value is -5.11. The number of para-hydroxylation sites is 1. The van der Waals surface area contributed by atoms with Crippen molar-refractivity contribution < 1.29 is 55.3 Å². The van der Waals surface area contributed by atoms with Crippen LogP contribution in [0.4, 0.5) is 26.3 Å². The van der Waals surface area contributed by atoms with Crippen molar-refractivity contribution in [2.24, 2.45) is 11.8 Å². The summed E-state index contributed by atoms with van der Waals surface area (Å²) < 4.78 is 95.8. The zero-order valence-electron chi connectivity index (χ0n) is 32.1. The average molecular weight is 835 g/mol. The molecule has 2 aromatic heterocycles. The van der Waals surface area contributed by atoms with Gasteiger partial charge in [-0.3, -0.25) is 19.4 Å². The minimum absolute atomic E-state index is 0.0209. The molecule has 2 saturated heterocycles. The third-order valence-electron chi connectivity index (χ3n) is 10.8. The van der Waals surface area contributed by atoms with Crippen molar-refractivity contribution in [3.8, 4) is 17.6 Å². The van der Waals surface area contributed by atoms with E-state index in [1.807, 2.05) is 13.8 Å². The summed E-state index contributed by atoms with van der Waals surface area (Å²) in [6.45, 7) is 5.28. The summed E-state index contributed by atoms with van der Waals surface area (Å²) in [5.41, 5.74) is -4.84. The standard InChI is InChI=1S/C41H44F6N4O6S/c1-4-10-32-39(57-27-23-33(58-24-27)41(45,46)47,15-9-19-51(32)35(52)34-30(40(42,43)44)13-7-18-49-34)37(55)50-20-16-38(25-48,17-21-50)29-12-5-6-14-31(29)56-22-8-11-28(26(2)3)36(53)54/h4-7,10,12-14,18,23-24,26,28,32H,8-9,11,15-17,19-22H2,1-3H3,(H,53,54). The maximum atomic E-state index is 15.0. The Balaban J connectivity index is 1.46. The third-order valence-corrected chi connectivity index (χ3v) is 11.7. The molecule has 3 aromatic rings. The van der Waals surface area contributed by atoms with Crippen molar-refractivity contribution in [3.05, 3.63) is 87.9 Å². The van der Waals surface area contributed by atoms with Gasteiger partial charge in [0, 0.05) is 49.3 Å². The van der Waals surface area contributed by atoms with E-state index < -0.39 is 69.2 Å². The van der Waals surface area contributed by atoms with E-state index >= 15 is 0 Å². The van der Waals surface area contributed by atoms with Crippen LogP contribution in [0, 0.1) is 23.2 Å². The topological polar surface area (TPSA) is 133 Å². The van der Waals surface area contributed by atoms with Gasteiger partial charge in [0.25, 0.3) is 11.8 Å². The maximum absolute atomic E-state index is 15.0. The highest BCUT2D eigenvalue weighted by Gasteiger charge is 2.56. The lowest BCUT2D eigenvalue weighted by atomic mass is 9.73. The number of carboxylic acids is 1. The van der Waals surface area contributed by atoms with E-state index in [0.29, 0.717) is 41.6 Å². The highest BCUT2D eigenvalue weighted by molar-refractivity contribution is 7.10. The molecule has 0 aliphatic carbocycles. The summed E-state index contributed by atoms with van der Waals surface area (Å²) >= 11 is 0.344. The van der Waals surface area contributed by atoms with Crippen LogP contribution in [0.15, 0.2) is 66.2 Å². The number of halogens is 6. The Morgan fingerprint density at radius 2 is 1.76 bits per heavy atom. The molecular weight excluding hydrogens is 791 g/mol. The number of ether oxygens (including phenoxy) is 2. The van der Waals surface area contributed by atoms with E-state index in [1.54, 1.807) is 31.2 Å². The smallest absolute Gasteiger partial charge is 0.425 e. The van der Waals surface area contributed by atoms with Crippen molar-refractivity contribution in [1.29, 1.82) is 5.26 Å². The molecule has 0 saturated carbocycles. The predicted octanol–water partition coefficient (Wildman–Crippen LogP) is 8.78. The van der Waals surface area contributed by atoms with E-state index in [2.05, 4.69) is 11.1 Å². The Kier molecular flexibility index (Phi) is 13.5. The average Bonchev–Trinajstić information content (AvgIpc) is 3.67. The summed E-state index contributed by atoms with van der Waals surface area (Å²) in [4.78, 5) is 45.9. The molecule has 58 heavy (non-hydrogen) atoms. The number of hydrogen-bond acceptors (Lipinski definition) is 8. The maximum Gasteiger partial charge on any atom is 0.425 e. The monoisotopic (exact) mass is 834 g/mol. The molecule has 3 unspecified atom stereocenters. The van der Waals surface area contributed by atoms with Crippen LogP contribution in [-0.2, 0) is 27.4 Å². The number of thiophene rings is 1. The van der Waals surface area contributed by atoms with Crippen LogP contribution in [0.1, 0.15) is 85.8 Å². The van der Waals surface area contributed by atoms with Gasteiger partial charge in [-0.15, -0.1) is 11.3 Å². The number of carboxylic acid groups (broad SMARTS) is 1. The van der Waals surface area contributed by atoms with Crippen LogP contribution in [0.3, 0.4) is 0 Å². The number of alkyl halides is 6. The molecular formula is C41H44F6N4O6S. The van der Waals surface area contributed by atoms with E-state index in [4.69, 9.17) is 9.47 Å². The molecule has 0 spiro atoms. The molecule has 1 aromatic carbocycles. The summed E-state index contributed by atoms with van der Waals surface area (Å²) in [6.07, 6.45) is -4.73. The first-order valence-corrected chi connectivity index (χ1v) is 19.7. The lowest BCUT2D eigenvalue weighted by molar-refractivity contribution is -0.157. The second kappa shape index (κ2) is 17.8. The summed E-state index contributed by atoms with van der Waals surface area (Å²) in [6, 6.07) is 10.5. The zero-order chi connectivity index (χ0) is 42.5. The number of carbonyl (C=O) groups excluding carboxylic acids is 2. The lowest BCUT2D eigenvalue weighted by Crippen LogP contribution is -2.68. The Morgan fingerprint density at radius 1 is 1.05 bits per heavy atom. The molecule has 0 radical (unpaired) electrons. The quantitative estimate of drug-likeness (QED) is 0.103. The lowest BCUT2D eigenvalue weighted by Gasteiger charge is -2.50. The number of carbonyl (C=O) groups is 3. The van der Waals surface area contributed by atoms with Gasteiger partial charge in [-0.1, -0.05) is 44.2 Å². The van der Waals surface area contributed by atoms with Gasteiger partial charge < -0.3 is 24.4 Å². The Labute approximate surface area is 336 Å². The number of pyridine rings is 1. The van der Waals surface area contributed by atoms with Crippen molar-refractivity contribution in [2.75, 3.05) is 26.2 Å². The molecule has 1 N–H and O–H groups in total. The molecule has 2 aliphatic heterocycles. The van der Waals surface area contributed by atoms with Crippen molar-refractivity contribution in [2.45, 2.75) is 88.7 Å². The zero-order valence-corrected chi connectivity index (χ0v) is 32.9. The van der Waals surface area contributed by atoms with Gasteiger partial charge in [0.1, 0.15) is 22.1 Å². The molecule has 4 heterocycles. The summed E-state index contributed by atoms with van der Waals surface area (Å²) in [5.74, 6) is -3.22. The van der Waals surface area contributed by atoms with Gasteiger partial charge in [0.15, 0.2) is 0 Å². The van der Waals surface area contributed by atoms with Crippen LogP contribution in [-0.4, -0.2) is 75.6 Å². The molecule has 2 fully saturated rings. The van der Waals surface area contributed by atoms with Crippen LogP contribution < -0.4 is 9.47 Å². The predicted molar refractivity (Wildman–Crippen MR) is 201 cm³/mol. The van der Waals surface area contributed by atoms with E-state index in [9.17, 15) is 51.1 Å². The van der Waals surface area contributed by atoms with E-state index in [1.165, 1.54) is 17.1 Å². The van der Waals surface area contributed by atoms with Gasteiger partial charge >= 0.3 is 18.3 Å². The summed E-state index contributed by atoms with van der Waals surface area (Å²) in [7, 11) is 0. The molecule has 10 nitrogen and oxygen atoms in total. The molecule has 2 aliphatic rings. The molecule has 5 rings (SSSR count). The number of piperidine rings is 2. The number of amides is 2. The number of aromatic nitrogens is 1. The number of rotatable bonds is 13. The first-order chi connectivity index (χ1) is 27.4. The Bertz CT molecular complexity index is 2020. The van der Waals surface area contributed by atoms with Gasteiger partial charge in [-0.05, 0) is 63.1 Å². The van der Waals surface area contributed by atoms with Crippen LogP contribution in [0.5, 0.6) is 11.5 Å². The van der Waals surface area contributed by atoms with Crippen LogP contribution in [0.2, 0.25) is 0 Å². The molecule has 3 atom stereocenters.